The number of nitrogens with zero attached hydrogens (tertiary/aromatic N) is 2. The van der Waals surface area contributed by atoms with Gasteiger partial charge in [0.2, 0.25) is 0 Å². The monoisotopic (exact) mass is 411 g/mol. The Morgan fingerprint density at radius 3 is 2.30 bits per heavy atom. The third kappa shape index (κ3) is 5.89. The molecular formula is C24H33N3O3. The van der Waals surface area contributed by atoms with Gasteiger partial charge in [-0.25, -0.2) is 4.79 Å². The first-order valence-electron chi connectivity index (χ1n) is 10.8. The summed E-state index contributed by atoms with van der Waals surface area (Å²) in [5.41, 5.74) is 2.38. The van der Waals surface area contributed by atoms with Crippen molar-refractivity contribution in [2.75, 3.05) is 32.8 Å². The number of nitrogens with one attached hydrogen (secondary N) is 1. The molecule has 162 valence electrons. The van der Waals surface area contributed by atoms with Gasteiger partial charge in [0, 0.05) is 19.6 Å². The number of para-hydroxylation sites is 2. The van der Waals surface area contributed by atoms with Crippen LogP contribution >= 0.6 is 0 Å². The van der Waals surface area contributed by atoms with Crippen molar-refractivity contribution in [3.05, 3.63) is 59.7 Å². The van der Waals surface area contributed by atoms with Gasteiger partial charge < -0.3 is 19.7 Å². The van der Waals surface area contributed by atoms with Gasteiger partial charge in [-0.15, -0.1) is 0 Å². The molecule has 1 atom stereocenters. The van der Waals surface area contributed by atoms with Gasteiger partial charge in [0.1, 0.15) is 6.61 Å². The highest BCUT2D eigenvalue weighted by atomic mass is 16.6. The number of likely N-dealkylation sites (N-methyl/N-ethyl adjacent to an activating group) is 1. The summed E-state index contributed by atoms with van der Waals surface area (Å²) < 4.78 is 11.7. The first kappa shape index (κ1) is 22.0. The quantitative estimate of drug-likeness (QED) is 0.680. The van der Waals surface area contributed by atoms with Crippen molar-refractivity contribution < 1.29 is 14.3 Å². The Hall–Kier alpha value is -2.73. The van der Waals surface area contributed by atoms with Crippen molar-refractivity contribution in [2.45, 2.75) is 40.0 Å². The molecule has 0 radical (unpaired) electrons. The number of carbonyl (C=O) groups is 1. The molecule has 0 spiro atoms. The van der Waals surface area contributed by atoms with E-state index in [4.69, 9.17) is 9.47 Å². The van der Waals surface area contributed by atoms with E-state index in [-0.39, 0.29) is 12.1 Å². The maximum absolute atomic E-state index is 12.7. The number of hydrogen-bond acceptors (Lipinski definition) is 4. The van der Waals surface area contributed by atoms with E-state index in [0.717, 1.165) is 36.7 Å². The van der Waals surface area contributed by atoms with Gasteiger partial charge in [0.05, 0.1) is 6.54 Å². The second-order valence-corrected chi connectivity index (χ2v) is 7.47. The van der Waals surface area contributed by atoms with Crippen LogP contribution < -0.4 is 14.8 Å². The number of carbonyl (C=O) groups excluding carboxylic acids is 1. The maximum Gasteiger partial charge on any atom is 0.317 e. The standard InChI is InChI=1S/C24H33N3O3/c1-4-26(5-2)16-20-13-11-19(12-14-20)15-25-24(28)27(6-3)17-21-18-29-22-9-7-8-10-23(22)30-21/h7-14,21H,4-6,15-18H2,1-3H3,(H,25,28)/t21-/m1/s1. The SMILES string of the molecule is CCN(CC)Cc1ccc(CNC(=O)N(CC)C[C@@H]2COc3ccccc3O2)cc1. The van der Waals surface area contributed by atoms with Crippen LogP contribution in [0.1, 0.15) is 31.9 Å². The van der Waals surface area contributed by atoms with Crippen molar-refractivity contribution in [2.24, 2.45) is 0 Å². The zero-order chi connectivity index (χ0) is 21.3. The van der Waals surface area contributed by atoms with Crippen molar-refractivity contribution in [1.82, 2.24) is 15.1 Å². The summed E-state index contributed by atoms with van der Waals surface area (Å²) >= 11 is 0. The van der Waals surface area contributed by atoms with Crippen molar-refractivity contribution >= 4 is 6.03 Å². The van der Waals surface area contributed by atoms with Crippen LogP contribution in [0.5, 0.6) is 11.5 Å². The molecule has 2 aromatic carbocycles. The van der Waals surface area contributed by atoms with E-state index in [2.05, 4.69) is 48.3 Å². The maximum atomic E-state index is 12.7. The third-order valence-corrected chi connectivity index (χ3v) is 5.43. The van der Waals surface area contributed by atoms with Crippen LogP contribution in [0.4, 0.5) is 4.79 Å². The Bertz CT molecular complexity index is 806. The van der Waals surface area contributed by atoms with E-state index < -0.39 is 0 Å². The van der Waals surface area contributed by atoms with Crippen molar-refractivity contribution in [3.63, 3.8) is 0 Å². The smallest absolute Gasteiger partial charge is 0.317 e. The Labute approximate surface area is 179 Å². The minimum Gasteiger partial charge on any atom is -0.486 e. The minimum atomic E-state index is -0.176. The fourth-order valence-corrected chi connectivity index (χ4v) is 3.51. The van der Waals surface area contributed by atoms with Gasteiger partial charge in [-0.1, -0.05) is 50.2 Å². The Kier molecular flexibility index (Phi) is 7.97. The summed E-state index contributed by atoms with van der Waals surface area (Å²) in [4.78, 5) is 16.8. The Morgan fingerprint density at radius 1 is 0.967 bits per heavy atom. The zero-order valence-corrected chi connectivity index (χ0v) is 18.3. The molecule has 6 nitrogen and oxygen atoms in total. The summed E-state index contributed by atoms with van der Waals surface area (Å²) in [5.74, 6) is 1.49. The van der Waals surface area contributed by atoms with E-state index in [1.807, 2.05) is 31.2 Å². The third-order valence-electron chi connectivity index (χ3n) is 5.43. The molecule has 0 aromatic heterocycles. The molecule has 1 aliphatic rings. The number of fused-ring (bicyclic) bond motifs is 1. The van der Waals surface area contributed by atoms with Gasteiger partial charge >= 0.3 is 6.03 Å². The van der Waals surface area contributed by atoms with Crippen molar-refractivity contribution in [3.8, 4) is 11.5 Å². The molecule has 1 heterocycles. The highest BCUT2D eigenvalue weighted by Crippen LogP contribution is 2.31. The molecule has 2 amide bonds. The summed E-state index contributed by atoms with van der Waals surface area (Å²) in [7, 11) is 0. The van der Waals surface area contributed by atoms with Gasteiger partial charge in [-0.2, -0.15) is 0 Å². The first-order valence-corrected chi connectivity index (χ1v) is 10.8. The molecule has 0 bridgehead atoms. The fraction of sp³-hybridized carbons (Fsp3) is 0.458. The fourth-order valence-electron chi connectivity index (χ4n) is 3.51. The largest absolute Gasteiger partial charge is 0.486 e. The average molecular weight is 412 g/mol. The molecule has 2 aromatic rings. The van der Waals surface area contributed by atoms with Gasteiger partial charge in [0.15, 0.2) is 17.6 Å². The number of hydrogen-bond donors (Lipinski definition) is 1. The minimum absolute atomic E-state index is 0.0906. The van der Waals surface area contributed by atoms with Crippen molar-refractivity contribution in [1.29, 1.82) is 0 Å². The van der Waals surface area contributed by atoms with Crippen LogP contribution in [-0.2, 0) is 13.1 Å². The lowest BCUT2D eigenvalue weighted by Crippen LogP contribution is -2.47. The van der Waals surface area contributed by atoms with E-state index >= 15 is 0 Å². The molecule has 30 heavy (non-hydrogen) atoms. The first-order chi connectivity index (χ1) is 14.6. The van der Waals surface area contributed by atoms with Crippen LogP contribution in [0.3, 0.4) is 0 Å². The number of urea groups is 1. The molecule has 0 aliphatic carbocycles. The molecule has 6 heteroatoms. The Balaban J connectivity index is 1.48. The van der Waals surface area contributed by atoms with Gasteiger partial charge in [0.25, 0.3) is 0 Å². The topological polar surface area (TPSA) is 54.0 Å². The molecule has 0 fully saturated rings. The lowest BCUT2D eigenvalue weighted by atomic mass is 10.1. The van der Waals surface area contributed by atoms with E-state index in [1.165, 1.54) is 5.56 Å². The summed E-state index contributed by atoms with van der Waals surface area (Å²) in [6.07, 6.45) is -0.176. The average Bonchev–Trinajstić information content (AvgIpc) is 2.80. The van der Waals surface area contributed by atoms with Crippen LogP contribution in [-0.4, -0.2) is 54.7 Å². The lowest BCUT2D eigenvalue weighted by molar-refractivity contribution is 0.0675. The summed E-state index contributed by atoms with van der Waals surface area (Å²) in [6.45, 7) is 11.4. The lowest BCUT2D eigenvalue weighted by Gasteiger charge is -2.31. The van der Waals surface area contributed by atoms with Crippen LogP contribution in [0.15, 0.2) is 48.5 Å². The summed E-state index contributed by atoms with van der Waals surface area (Å²) in [5, 5.41) is 3.02. The van der Waals surface area contributed by atoms with E-state index in [9.17, 15) is 4.79 Å². The normalized spacial score (nSPS) is 15.1. The van der Waals surface area contributed by atoms with Crippen LogP contribution in [0.2, 0.25) is 0 Å². The number of rotatable bonds is 9. The number of benzene rings is 2. The second kappa shape index (κ2) is 10.9. The predicted molar refractivity (Wildman–Crippen MR) is 119 cm³/mol. The predicted octanol–water partition coefficient (Wildman–Crippen LogP) is 3.90. The van der Waals surface area contributed by atoms with Crippen LogP contribution in [0, 0.1) is 0 Å². The molecule has 3 rings (SSSR count). The molecule has 0 saturated carbocycles. The van der Waals surface area contributed by atoms with E-state index in [1.54, 1.807) is 4.90 Å². The van der Waals surface area contributed by atoms with Crippen LogP contribution in [0.25, 0.3) is 0 Å². The molecule has 0 saturated heterocycles. The number of amides is 2. The molecule has 1 N–H and O–H groups in total. The zero-order valence-electron chi connectivity index (χ0n) is 18.3. The highest BCUT2D eigenvalue weighted by Gasteiger charge is 2.24. The van der Waals surface area contributed by atoms with Gasteiger partial charge in [-0.05, 0) is 43.3 Å². The second-order valence-electron chi connectivity index (χ2n) is 7.47. The molecular weight excluding hydrogens is 378 g/mol. The summed E-state index contributed by atoms with van der Waals surface area (Å²) in [6, 6.07) is 16.0. The Morgan fingerprint density at radius 2 is 1.63 bits per heavy atom. The molecule has 0 unspecified atom stereocenters. The van der Waals surface area contributed by atoms with Gasteiger partial charge in [-0.3, -0.25) is 4.90 Å². The molecule has 1 aliphatic heterocycles. The number of ether oxygens (including phenoxy) is 2. The highest BCUT2D eigenvalue weighted by molar-refractivity contribution is 5.74. The van der Waals surface area contributed by atoms with E-state index in [0.29, 0.717) is 26.2 Å².